The molecule has 3 rings (SSSR count). The first-order valence-corrected chi connectivity index (χ1v) is 11.5. The SMILES string of the molecule is CCNC(=NCC1CCN(S(C)(=O)=O)CC1)N1CCN(C2CC2)C(=O)C1. The van der Waals surface area contributed by atoms with Crippen molar-refractivity contribution in [3.8, 4) is 0 Å². The Balaban J connectivity index is 1.54. The third kappa shape index (κ3) is 4.88. The van der Waals surface area contributed by atoms with E-state index in [1.54, 1.807) is 4.31 Å². The lowest BCUT2D eigenvalue weighted by atomic mass is 9.98. The maximum Gasteiger partial charge on any atom is 0.242 e. The topological polar surface area (TPSA) is 85.3 Å². The predicted octanol–water partition coefficient (Wildman–Crippen LogP) is -0.0699. The largest absolute Gasteiger partial charge is 0.357 e. The number of sulfonamides is 1. The number of amides is 1. The van der Waals surface area contributed by atoms with Crippen LogP contribution < -0.4 is 5.32 Å². The Hall–Kier alpha value is -1.35. The standard InChI is InChI=1S/C17H31N5O3S/c1-3-18-17(20-10-11-22(15-4-5-15)16(23)13-20)19-12-14-6-8-21(9-7-14)26(2,24)25/h14-15H,3-13H2,1-2H3,(H,18,19). The lowest BCUT2D eigenvalue weighted by Gasteiger charge is -2.36. The van der Waals surface area contributed by atoms with Crippen LogP contribution in [0.15, 0.2) is 4.99 Å². The highest BCUT2D eigenvalue weighted by atomic mass is 32.2. The fourth-order valence-electron chi connectivity index (χ4n) is 3.70. The molecule has 0 unspecified atom stereocenters. The monoisotopic (exact) mass is 385 g/mol. The Kier molecular flexibility index (Phi) is 6.06. The maximum atomic E-state index is 12.4. The molecule has 1 amide bonds. The minimum atomic E-state index is -3.08. The third-order valence-corrected chi connectivity index (χ3v) is 6.72. The number of hydrogen-bond donors (Lipinski definition) is 1. The van der Waals surface area contributed by atoms with Crippen LogP contribution in [0.1, 0.15) is 32.6 Å². The summed E-state index contributed by atoms with van der Waals surface area (Å²) in [6.07, 6.45) is 5.24. The van der Waals surface area contributed by atoms with Gasteiger partial charge in [-0.2, -0.15) is 0 Å². The van der Waals surface area contributed by atoms with Crippen LogP contribution in [0.4, 0.5) is 0 Å². The summed E-state index contributed by atoms with van der Waals surface area (Å²) < 4.78 is 24.8. The summed E-state index contributed by atoms with van der Waals surface area (Å²) >= 11 is 0. The first-order valence-electron chi connectivity index (χ1n) is 9.66. The number of hydrogen-bond acceptors (Lipinski definition) is 4. The molecule has 9 heteroatoms. The van der Waals surface area contributed by atoms with Gasteiger partial charge in [0.2, 0.25) is 15.9 Å². The highest BCUT2D eigenvalue weighted by molar-refractivity contribution is 7.88. The molecule has 0 bridgehead atoms. The van der Waals surface area contributed by atoms with Gasteiger partial charge in [-0.3, -0.25) is 9.79 Å². The van der Waals surface area contributed by atoms with Gasteiger partial charge in [-0.25, -0.2) is 12.7 Å². The van der Waals surface area contributed by atoms with Crippen LogP contribution in [-0.2, 0) is 14.8 Å². The second kappa shape index (κ2) is 8.12. The number of nitrogens with one attached hydrogen (secondary N) is 1. The van der Waals surface area contributed by atoms with E-state index >= 15 is 0 Å². The van der Waals surface area contributed by atoms with Gasteiger partial charge in [0, 0.05) is 45.3 Å². The zero-order valence-corrected chi connectivity index (χ0v) is 16.7. The lowest BCUT2D eigenvalue weighted by Crippen LogP contribution is -2.55. The van der Waals surface area contributed by atoms with Crippen molar-refractivity contribution in [3.63, 3.8) is 0 Å². The quantitative estimate of drug-likeness (QED) is 0.529. The average molecular weight is 386 g/mol. The van der Waals surface area contributed by atoms with Gasteiger partial charge in [-0.05, 0) is 38.5 Å². The van der Waals surface area contributed by atoms with Crippen LogP contribution in [0.25, 0.3) is 0 Å². The molecule has 1 aliphatic carbocycles. The minimum absolute atomic E-state index is 0.200. The van der Waals surface area contributed by atoms with E-state index in [4.69, 9.17) is 4.99 Å². The molecule has 0 radical (unpaired) electrons. The Labute approximate surface area is 156 Å². The second-order valence-corrected chi connectivity index (χ2v) is 9.52. The predicted molar refractivity (Wildman–Crippen MR) is 101 cm³/mol. The summed E-state index contributed by atoms with van der Waals surface area (Å²) in [4.78, 5) is 21.2. The van der Waals surface area contributed by atoms with Crippen molar-refractivity contribution in [2.75, 3.05) is 52.1 Å². The van der Waals surface area contributed by atoms with Gasteiger partial charge in [-0.15, -0.1) is 0 Å². The summed E-state index contributed by atoms with van der Waals surface area (Å²) in [6, 6.07) is 0.476. The molecule has 2 saturated heterocycles. The highest BCUT2D eigenvalue weighted by Crippen LogP contribution is 2.28. The minimum Gasteiger partial charge on any atom is -0.357 e. The molecule has 2 heterocycles. The number of carbonyl (C=O) groups excluding carboxylic acids is 1. The van der Waals surface area contributed by atoms with Gasteiger partial charge >= 0.3 is 0 Å². The van der Waals surface area contributed by atoms with E-state index in [0.29, 0.717) is 38.1 Å². The fraction of sp³-hybridized carbons (Fsp3) is 0.882. The molecule has 1 N–H and O–H groups in total. The van der Waals surface area contributed by atoms with Crippen molar-refractivity contribution in [2.45, 2.75) is 38.6 Å². The van der Waals surface area contributed by atoms with Crippen molar-refractivity contribution >= 4 is 21.9 Å². The second-order valence-electron chi connectivity index (χ2n) is 7.54. The van der Waals surface area contributed by atoms with E-state index in [1.165, 1.54) is 6.26 Å². The van der Waals surface area contributed by atoms with Crippen molar-refractivity contribution in [1.29, 1.82) is 0 Å². The number of aliphatic imine (C=N–C) groups is 1. The van der Waals surface area contributed by atoms with E-state index in [0.717, 1.165) is 51.3 Å². The molecule has 0 spiro atoms. The van der Waals surface area contributed by atoms with Gasteiger partial charge < -0.3 is 15.1 Å². The van der Waals surface area contributed by atoms with Gasteiger partial charge in [0.15, 0.2) is 5.96 Å². The summed E-state index contributed by atoms with van der Waals surface area (Å²) in [6.45, 7) is 6.63. The summed E-state index contributed by atoms with van der Waals surface area (Å²) in [7, 11) is -3.08. The van der Waals surface area contributed by atoms with Crippen LogP contribution >= 0.6 is 0 Å². The third-order valence-electron chi connectivity index (χ3n) is 5.42. The van der Waals surface area contributed by atoms with Crippen molar-refractivity contribution in [3.05, 3.63) is 0 Å². The summed E-state index contributed by atoms with van der Waals surface area (Å²) in [5.74, 6) is 1.40. The van der Waals surface area contributed by atoms with Crippen molar-refractivity contribution < 1.29 is 13.2 Å². The molecule has 0 atom stereocenters. The molecular formula is C17H31N5O3S. The molecular weight excluding hydrogens is 354 g/mol. The van der Waals surface area contributed by atoms with Crippen LogP contribution in [0.3, 0.4) is 0 Å². The van der Waals surface area contributed by atoms with Gasteiger partial charge in [0.25, 0.3) is 0 Å². The number of nitrogens with zero attached hydrogens (tertiary/aromatic N) is 4. The van der Waals surface area contributed by atoms with E-state index in [-0.39, 0.29) is 5.91 Å². The number of guanidine groups is 1. The molecule has 2 aliphatic heterocycles. The number of rotatable bonds is 5. The fourth-order valence-corrected chi connectivity index (χ4v) is 4.58. The van der Waals surface area contributed by atoms with Gasteiger partial charge in [-0.1, -0.05) is 0 Å². The first-order chi connectivity index (χ1) is 12.4. The number of carbonyl (C=O) groups is 1. The molecule has 1 saturated carbocycles. The molecule has 0 aromatic carbocycles. The molecule has 0 aromatic rings. The number of piperidine rings is 1. The Morgan fingerprint density at radius 3 is 2.38 bits per heavy atom. The average Bonchev–Trinajstić information content (AvgIpc) is 3.43. The van der Waals surface area contributed by atoms with E-state index in [9.17, 15) is 13.2 Å². The smallest absolute Gasteiger partial charge is 0.242 e. The first kappa shape index (κ1) is 19.4. The van der Waals surface area contributed by atoms with Crippen molar-refractivity contribution in [2.24, 2.45) is 10.9 Å². The summed E-state index contributed by atoms with van der Waals surface area (Å²) in [5.41, 5.74) is 0. The highest BCUT2D eigenvalue weighted by Gasteiger charge is 2.36. The van der Waals surface area contributed by atoms with Crippen LogP contribution in [-0.4, -0.2) is 92.5 Å². The Morgan fingerprint density at radius 1 is 1.15 bits per heavy atom. The normalized spacial score (nSPS) is 24.2. The zero-order chi connectivity index (χ0) is 18.7. The number of piperazine rings is 1. The molecule has 148 valence electrons. The van der Waals surface area contributed by atoms with E-state index < -0.39 is 10.0 Å². The van der Waals surface area contributed by atoms with Crippen LogP contribution in [0.5, 0.6) is 0 Å². The summed E-state index contributed by atoms with van der Waals surface area (Å²) in [5, 5.41) is 3.30. The lowest BCUT2D eigenvalue weighted by molar-refractivity contribution is -0.135. The van der Waals surface area contributed by atoms with Crippen LogP contribution in [0, 0.1) is 5.92 Å². The zero-order valence-electron chi connectivity index (χ0n) is 15.9. The van der Waals surface area contributed by atoms with Gasteiger partial charge in [0.1, 0.15) is 0 Å². The molecule has 8 nitrogen and oxygen atoms in total. The van der Waals surface area contributed by atoms with Crippen molar-refractivity contribution in [1.82, 2.24) is 19.4 Å². The van der Waals surface area contributed by atoms with E-state index in [2.05, 4.69) is 10.2 Å². The maximum absolute atomic E-state index is 12.4. The molecule has 26 heavy (non-hydrogen) atoms. The van der Waals surface area contributed by atoms with Crippen LogP contribution in [0.2, 0.25) is 0 Å². The Bertz CT molecular complexity index is 639. The Morgan fingerprint density at radius 2 is 1.85 bits per heavy atom. The molecule has 0 aromatic heterocycles. The van der Waals surface area contributed by atoms with Gasteiger partial charge in [0.05, 0.1) is 12.8 Å². The molecule has 3 fully saturated rings. The molecule has 3 aliphatic rings. The van der Waals surface area contributed by atoms with E-state index in [1.807, 2.05) is 11.8 Å².